The molecule has 2 aromatic rings. The molecule has 0 spiro atoms. The van der Waals surface area contributed by atoms with E-state index in [-0.39, 0.29) is 29.3 Å². The molecule has 1 aromatic heterocycles. The smallest absolute Gasteiger partial charge is 0.328 e. The summed E-state index contributed by atoms with van der Waals surface area (Å²) in [6.07, 6.45) is 1.32. The van der Waals surface area contributed by atoms with Crippen LogP contribution in [0, 0.1) is 10.4 Å². The summed E-state index contributed by atoms with van der Waals surface area (Å²) in [5.41, 5.74) is -4.72. The highest BCUT2D eigenvalue weighted by molar-refractivity contribution is 6.01. The lowest BCUT2D eigenvalue weighted by Gasteiger charge is -2.32. The summed E-state index contributed by atoms with van der Waals surface area (Å²) in [6, 6.07) is 5.81. The lowest BCUT2D eigenvalue weighted by atomic mass is 9.84. The van der Waals surface area contributed by atoms with Gasteiger partial charge in [-0.1, -0.05) is 10.1 Å². The van der Waals surface area contributed by atoms with Gasteiger partial charge in [-0.05, 0) is 79.2 Å². The molecule has 0 atom stereocenters. The second-order valence-corrected chi connectivity index (χ2v) is 11.7. The van der Waals surface area contributed by atoms with E-state index in [1.807, 2.05) is 0 Å². The molecular formula is C25H32N6O6. The van der Waals surface area contributed by atoms with E-state index in [0.717, 1.165) is 0 Å². The second-order valence-electron chi connectivity index (χ2n) is 11.7. The Morgan fingerprint density at radius 2 is 1.22 bits per heavy atom. The van der Waals surface area contributed by atoms with Crippen molar-refractivity contribution >= 4 is 11.7 Å². The number of benzene rings is 1. The minimum absolute atomic E-state index is 0.0496. The highest BCUT2D eigenvalue weighted by Gasteiger charge is 2.61. The van der Waals surface area contributed by atoms with E-state index in [0.29, 0.717) is 25.2 Å². The summed E-state index contributed by atoms with van der Waals surface area (Å²) in [7, 11) is 0. The minimum Gasteiger partial charge on any atom is -0.714 e. The fraction of sp³-hybridized carbons (Fsp3) is 0.520. The zero-order valence-corrected chi connectivity index (χ0v) is 22.3. The van der Waals surface area contributed by atoms with Crippen molar-refractivity contribution in [2.45, 2.75) is 84.1 Å². The van der Waals surface area contributed by atoms with Crippen LogP contribution in [0.5, 0.6) is 0 Å². The SMILES string of the molecule is CC1(C)N([O])C(c2cc(Cn3ccc(=O)[nH]c3=O)cc(C3=[N+]([O-])C(C)(C)C(C)(C)N3[O])c2)=[N+]([O-])C1(C)C. The van der Waals surface area contributed by atoms with Gasteiger partial charge in [0, 0.05) is 22.7 Å². The zero-order chi connectivity index (χ0) is 27.9. The van der Waals surface area contributed by atoms with Gasteiger partial charge in [-0.25, -0.2) is 4.79 Å². The van der Waals surface area contributed by atoms with Crippen LogP contribution < -0.4 is 11.2 Å². The van der Waals surface area contributed by atoms with Crippen molar-refractivity contribution in [1.29, 1.82) is 0 Å². The van der Waals surface area contributed by atoms with Gasteiger partial charge in [0.05, 0.1) is 17.7 Å². The largest absolute Gasteiger partial charge is 0.714 e. The maximum Gasteiger partial charge on any atom is 0.328 e. The van der Waals surface area contributed by atoms with Gasteiger partial charge >= 0.3 is 17.4 Å². The van der Waals surface area contributed by atoms with Crippen LogP contribution in [-0.2, 0) is 17.0 Å². The zero-order valence-electron chi connectivity index (χ0n) is 22.3. The lowest BCUT2D eigenvalue weighted by Crippen LogP contribution is -2.53. The predicted octanol–water partition coefficient (Wildman–Crippen LogP) is 1.54. The van der Waals surface area contributed by atoms with Crippen LogP contribution >= 0.6 is 0 Å². The summed E-state index contributed by atoms with van der Waals surface area (Å²) in [4.78, 5) is 26.0. The standard InChI is InChI=1S/C25H32N6O6/c1-22(2)23(3,4)29(35)19(28(22)34)16-11-15(14-27-10-9-18(32)26-21(27)33)12-17(13-16)20-30(36)24(5,6)25(7,8)31(20)37/h9-13H,14H2,1-8H3,(H,26,32,33). The Balaban J connectivity index is 1.98. The summed E-state index contributed by atoms with van der Waals surface area (Å²) in [5, 5.41) is 54.8. The molecule has 4 rings (SSSR count). The molecule has 2 aliphatic rings. The van der Waals surface area contributed by atoms with Gasteiger partial charge in [0.25, 0.3) is 5.56 Å². The molecule has 12 heteroatoms. The van der Waals surface area contributed by atoms with Crippen LogP contribution in [0.25, 0.3) is 0 Å². The Labute approximate surface area is 214 Å². The normalized spacial score (nSPS) is 21.8. The maximum absolute atomic E-state index is 13.4. The number of nitrogens with zero attached hydrogens (tertiary/aromatic N) is 5. The maximum atomic E-state index is 13.4. The van der Waals surface area contributed by atoms with Crippen LogP contribution in [0.4, 0.5) is 0 Å². The lowest BCUT2D eigenvalue weighted by molar-refractivity contribution is -0.539. The Bertz CT molecular complexity index is 1390. The average Bonchev–Trinajstić information content (AvgIpc) is 2.99. The average molecular weight is 513 g/mol. The third kappa shape index (κ3) is 3.57. The molecule has 0 bridgehead atoms. The van der Waals surface area contributed by atoms with Crippen molar-refractivity contribution in [1.82, 2.24) is 19.7 Å². The highest BCUT2D eigenvalue weighted by Crippen LogP contribution is 2.39. The Morgan fingerprint density at radius 3 is 1.57 bits per heavy atom. The van der Waals surface area contributed by atoms with Crippen LogP contribution in [-0.4, -0.2) is 63.0 Å². The molecule has 2 aliphatic heterocycles. The highest BCUT2D eigenvalue weighted by atomic mass is 16.5. The number of hydrogen-bond acceptors (Lipinski definition) is 6. The summed E-state index contributed by atoms with van der Waals surface area (Å²) in [6.45, 7) is 13.3. The topological polar surface area (TPSA) is 153 Å². The van der Waals surface area contributed by atoms with Gasteiger partial charge in [-0.15, -0.1) is 0 Å². The number of hydroxylamine groups is 6. The van der Waals surface area contributed by atoms with Crippen molar-refractivity contribution in [3.8, 4) is 0 Å². The Kier molecular flexibility index (Phi) is 5.66. The second kappa shape index (κ2) is 7.93. The van der Waals surface area contributed by atoms with Crippen LogP contribution in [0.2, 0.25) is 0 Å². The molecule has 2 radical (unpaired) electrons. The molecule has 37 heavy (non-hydrogen) atoms. The van der Waals surface area contributed by atoms with E-state index in [2.05, 4.69) is 4.98 Å². The van der Waals surface area contributed by atoms with Gasteiger partial charge < -0.3 is 10.4 Å². The van der Waals surface area contributed by atoms with E-state index in [4.69, 9.17) is 0 Å². The molecule has 0 unspecified atom stereocenters. The fourth-order valence-electron chi connectivity index (χ4n) is 4.49. The first-order valence-electron chi connectivity index (χ1n) is 11.9. The molecular weight excluding hydrogens is 480 g/mol. The number of aromatic amines is 1. The molecule has 0 amide bonds. The molecule has 3 heterocycles. The van der Waals surface area contributed by atoms with Crippen LogP contribution in [0.3, 0.4) is 0 Å². The van der Waals surface area contributed by atoms with Crippen LogP contribution in [0.15, 0.2) is 40.1 Å². The summed E-state index contributed by atoms with van der Waals surface area (Å²) < 4.78 is 2.52. The van der Waals surface area contributed by atoms with Crippen LogP contribution in [0.1, 0.15) is 72.1 Å². The monoisotopic (exact) mass is 512 g/mol. The molecule has 12 nitrogen and oxygen atoms in total. The number of nitrogens with one attached hydrogen (secondary N) is 1. The van der Waals surface area contributed by atoms with E-state index < -0.39 is 33.4 Å². The van der Waals surface area contributed by atoms with Crippen molar-refractivity contribution in [2.75, 3.05) is 0 Å². The first-order valence-corrected chi connectivity index (χ1v) is 11.9. The first kappa shape index (κ1) is 26.4. The molecule has 1 aromatic carbocycles. The molecule has 0 aliphatic carbocycles. The quantitative estimate of drug-likeness (QED) is 0.484. The third-order valence-electron chi connectivity index (χ3n) is 8.55. The van der Waals surface area contributed by atoms with Gasteiger partial charge in [-0.3, -0.25) is 23.8 Å². The minimum atomic E-state index is -1.09. The number of H-pyrrole nitrogens is 1. The van der Waals surface area contributed by atoms with Gasteiger partial charge in [0.2, 0.25) is 0 Å². The molecule has 198 valence electrons. The molecule has 0 fully saturated rings. The van der Waals surface area contributed by atoms with Crippen molar-refractivity contribution in [3.05, 3.63) is 78.4 Å². The van der Waals surface area contributed by atoms with E-state index >= 15 is 0 Å². The number of aromatic nitrogens is 2. The summed E-state index contributed by atoms with van der Waals surface area (Å²) >= 11 is 0. The number of rotatable bonds is 4. The van der Waals surface area contributed by atoms with Gasteiger partial charge in [0.15, 0.2) is 11.1 Å². The Morgan fingerprint density at radius 1 is 0.784 bits per heavy atom. The van der Waals surface area contributed by atoms with Gasteiger partial charge in [0.1, 0.15) is 11.1 Å². The number of amidine groups is 2. The van der Waals surface area contributed by atoms with E-state index in [1.54, 1.807) is 67.5 Å². The number of hydrogen-bond donors (Lipinski definition) is 1. The van der Waals surface area contributed by atoms with Crippen molar-refractivity contribution in [2.24, 2.45) is 0 Å². The molecule has 0 saturated heterocycles. The summed E-state index contributed by atoms with van der Waals surface area (Å²) in [5.74, 6) is -0.335. The van der Waals surface area contributed by atoms with Crippen molar-refractivity contribution < 1.29 is 19.9 Å². The van der Waals surface area contributed by atoms with E-state index in [9.17, 15) is 30.4 Å². The fourth-order valence-corrected chi connectivity index (χ4v) is 4.49. The first-order chi connectivity index (χ1) is 16.9. The van der Waals surface area contributed by atoms with Crippen molar-refractivity contribution in [3.63, 3.8) is 0 Å². The van der Waals surface area contributed by atoms with E-state index in [1.165, 1.54) is 22.9 Å². The predicted molar refractivity (Wildman–Crippen MR) is 134 cm³/mol. The Hall–Kier alpha value is -3.64. The van der Waals surface area contributed by atoms with Gasteiger partial charge in [-0.2, -0.15) is 0 Å². The molecule has 1 N–H and O–H groups in total. The molecule has 0 saturated carbocycles. The third-order valence-corrected chi connectivity index (χ3v) is 8.55.